The van der Waals surface area contributed by atoms with E-state index in [2.05, 4.69) is 11.9 Å². The fourth-order valence-electron chi connectivity index (χ4n) is 2.65. The minimum atomic E-state index is 0.0729. The lowest BCUT2D eigenvalue weighted by Crippen LogP contribution is -2.38. The first-order valence-electron chi connectivity index (χ1n) is 6.89. The molecule has 98 valence electrons. The molecule has 1 aromatic carbocycles. The van der Waals surface area contributed by atoms with Gasteiger partial charge in [-0.2, -0.15) is 0 Å². The van der Waals surface area contributed by atoms with Gasteiger partial charge in [-0.25, -0.2) is 0 Å². The average molecular weight is 254 g/mol. The van der Waals surface area contributed by atoms with Crippen LogP contribution in [-0.2, 0) is 0 Å². The Morgan fingerprint density at radius 1 is 1.21 bits per heavy atom. The summed E-state index contributed by atoms with van der Waals surface area (Å²) < 4.78 is 0. The smallest absolute Gasteiger partial charge is 0.273 e. The number of hydrogen-bond acceptors (Lipinski definition) is 2. The third-order valence-electron chi connectivity index (χ3n) is 3.95. The molecule has 0 spiro atoms. The summed E-state index contributed by atoms with van der Waals surface area (Å²) in [5.41, 5.74) is 0.590. The van der Waals surface area contributed by atoms with Gasteiger partial charge in [0.05, 0.1) is 0 Å². The lowest BCUT2D eigenvalue weighted by molar-refractivity contribution is 0.0693. The van der Waals surface area contributed by atoms with Gasteiger partial charge in [-0.1, -0.05) is 31.2 Å². The summed E-state index contributed by atoms with van der Waals surface area (Å²) in [4.78, 5) is 18.8. The van der Waals surface area contributed by atoms with E-state index in [0.717, 1.165) is 42.6 Å². The molecule has 0 N–H and O–H groups in total. The molecule has 1 aromatic heterocycles. The molecular weight excluding hydrogens is 236 g/mol. The number of benzene rings is 1. The first-order chi connectivity index (χ1) is 9.25. The summed E-state index contributed by atoms with van der Waals surface area (Å²) in [5.74, 6) is 0.799. The highest BCUT2D eigenvalue weighted by atomic mass is 16.2. The van der Waals surface area contributed by atoms with E-state index in [4.69, 9.17) is 0 Å². The predicted molar refractivity (Wildman–Crippen MR) is 76.0 cm³/mol. The molecular formula is C16H18N2O. The fourth-order valence-corrected chi connectivity index (χ4v) is 2.65. The van der Waals surface area contributed by atoms with Crippen molar-refractivity contribution in [2.24, 2.45) is 5.92 Å². The van der Waals surface area contributed by atoms with Crippen molar-refractivity contribution in [2.45, 2.75) is 19.8 Å². The van der Waals surface area contributed by atoms with Crippen LogP contribution in [0, 0.1) is 5.92 Å². The zero-order valence-corrected chi connectivity index (χ0v) is 11.2. The van der Waals surface area contributed by atoms with Crippen LogP contribution in [0.5, 0.6) is 0 Å². The molecule has 0 radical (unpaired) electrons. The van der Waals surface area contributed by atoms with Gasteiger partial charge in [0.15, 0.2) is 0 Å². The monoisotopic (exact) mass is 254 g/mol. The Morgan fingerprint density at radius 3 is 2.74 bits per heavy atom. The number of amides is 1. The van der Waals surface area contributed by atoms with Crippen LogP contribution in [0.25, 0.3) is 10.8 Å². The van der Waals surface area contributed by atoms with Crippen molar-refractivity contribution < 1.29 is 4.79 Å². The van der Waals surface area contributed by atoms with Crippen LogP contribution >= 0.6 is 0 Å². The highest BCUT2D eigenvalue weighted by Gasteiger charge is 2.23. The maximum atomic E-state index is 12.6. The normalized spacial score (nSPS) is 16.8. The molecule has 2 heterocycles. The van der Waals surface area contributed by atoms with E-state index in [9.17, 15) is 4.79 Å². The Balaban J connectivity index is 1.93. The van der Waals surface area contributed by atoms with Crippen LogP contribution in [0.2, 0.25) is 0 Å². The Kier molecular flexibility index (Phi) is 3.20. The van der Waals surface area contributed by atoms with Gasteiger partial charge >= 0.3 is 0 Å². The van der Waals surface area contributed by atoms with Crippen LogP contribution in [0.3, 0.4) is 0 Å². The topological polar surface area (TPSA) is 33.2 Å². The number of aromatic nitrogens is 1. The molecule has 0 atom stereocenters. The lowest BCUT2D eigenvalue weighted by atomic mass is 9.98. The van der Waals surface area contributed by atoms with Crippen molar-refractivity contribution in [3.05, 3.63) is 42.2 Å². The lowest BCUT2D eigenvalue weighted by Gasteiger charge is -2.30. The molecule has 1 saturated heterocycles. The van der Waals surface area contributed by atoms with Gasteiger partial charge in [0, 0.05) is 24.7 Å². The van der Waals surface area contributed by atoms with Crippen molar-refractivity contribution in [2.75, 3.05) is 13.1 Å². The molecule has 0 bridgehead atoms. The highest BCUT2D eigenvalue weighted by molar-refractivity contribution is 6.05. The van der Waals surface area contributed by atoms with Crippen LogP contribution in [0.4, 0.5) is 0 Å². The number of rotatable bonds is 1. The van der Waals surface area contributed by atoms with Crippen LogP contribution < -0.4 is 0 Å². The number of carbonyl (C=O) groups excluding carboxylic acids is 1. The second-order valence-electron chi connectivity index (χ2n) is 5.36. The summed E-state index contributed by atoms with van der Waals surface area (Å²) in [6.45, 7) is 3.95. The summed E-state index contributed by atoms with van der Waals surface area (Å²) in [6.07, 6.45) is 3.91. The van der Waals surface area contributed by atoms with Crippen molar-refractivity contribution in [1.82, 2.24) is 9.88 Å². The number of likely N-dealkylation sites (tertiary alicyclic amines) is 1. The number of carbonyl (C=O) groups is 1. The van der Waals surface area contributed by atoms with Crippen LogP contribution in [-0.4, -0.2) is 28.9 Å². The van der Waals surface area contributed by atoms with E-state index < -0.39 is 0 Å². The molecule has 0 saturated carbocycles. The van der Waals surface area contributed by atoms with Gasteiger partial charge in [0.2, 0.25) is 0 Å². The Labute approximate surface area is 113 Å². The largest absolute Gasteiger partial charge is 0.337 e. The number of piperidine rings is 1. The zero-order chi connectivity index (χ0) is 13.2. The first kappa shape index (κ1) is 12.2. The Bertz CT molecular complexity index is 595. The highest BCUT2D eigenvalue weighted by Crippen LogP contribution is 2.21. The SMILES string of the molecule is CC1CCN(C(=O)c2nccc3ccccc23)CC1. The fraction of sp³-hybridized carbons (Fsp3) is 0.375. The molecule has 0 unspecified atom stereocenters. The van der Waals surface area contributed by atoms with Gasteiger partial charge in [-0.05, 0) is 30.2 Å². The maximum absolute atomic E-state index is 12.6. The minimum absolute atomic E-state index is 0.0729. The van der Waals surface area contributed by atoms with E-state index in [0.29, 0.717) is 5.69 Å². The van der Waals surface area contributed by atoms with Crippen molar-refractivity contribution in [3.63, 3.8) is 0 Å². The van der Waals surface area contributed by atoms with Crippen LogP contribution in [0.15, 0.2) is 36.5 Å². The molecule has 1 fully saturated rings. The number of nitrogens with zero attached hydrogens (tertiary/aromatic N) is 2. The minimum Gasteiger partial charge on any atom is -0.337 e. The maximum Gasteiger partial charge on any atom is 0.273 e. The Morgan fingerprint density at radius 2 is 1.95 bits per heavy atom. The van der Waals surface area contributed by atoms with Gasteiger partial charge in [0.25, 0.3) is 5.91 Å². The summed E-state index contributed by atoms with van der Waals surface area (Å²) >= 11 is 0. The average Bonchev–Trinajstić information content (AvgIpc) is 2.47. The summed E-state index contributed by atoms with van der Waals surface area (Å²) in [6, 6.07) is 9.89. The molecule has 0 aliphatic carbocycles. The van der Waals surface area contributed by atoms with Crippen molar-refractivity contribution in [3.8, 4) is 0 Å². The van der Waals surface area contributed by atoms with Crippen molar-refractivity contribution in [1.29, 1.82) is 0 Å². The number of pyridine rings is 1. The van der Waals surface area contributed by atoms with Gasteiger partial charge in [-0.15, -0.1) is 0 Å². The second-order valence-corrected chi connectivity index (χ2v) is 5.36. The third-order valence-corrected chi connectivity index (χ3v) is 3.95. The molecule has 1 aliphatic rings. The molecule has 1 amide bonds. The van der Waals surface area contributed by atoms with E-state index in [-0.39, 0.29) is 5.91 Å². The van der Waals surface area contributed by atoms with E-state index >= 15 is 0 Å². The molecule has 19 heavy (non-hydrogen) atoms. The second kappa shape index (κ2) is 5.00. The van der Waals surface area contributed by atoms with E-state index in [1.54, 1.807) is 6.20 Å². The van der Waals surface area contributed by atoms with E-state index in [1.165, 1.54) is 0 Å². The Hall–Kier alpha value is -1.90. The summed E-state index contributed by atoms with van der Waals surface area (Å²) in [7, 11) is 0. The van der Waals surface area contributed by atoms with Crippen molar-refractivity contribution >= 4 is 16.7 Å². The molecule has 1 aliphatic heterocycles. The number of fused-ring (bicyclic) bond motifs is 1. The molecule has 3 nitrogen and oxygen atoms in total. The molecule has 3 heteroatoms. The predicted octanol–water partition coefficient (Wildman–Crippen LogP) is 3.11. The molecule has 2 aromatic rings. The first-order valence-corrected chi connectivity index (χ1v) is 6.89. The van der Waals surface area contributed by atoms with Gasteiger partial charge in [0.1, 0.15) is 5.69 Å². The molecule has 3 rings (SSSR count). The van der Waals surface area contributed by atoms with Gasteiger partial charge < -0.3 is 4.90 Å². The number of hydrogen-bond donors (Lipinski definition) is 0. The van der Waals surface area contributed by atoms with Crippen LogP contribution in [0.1, 0.15) is 30.3 Å². The summed E-state index contributed by atoms with van der Waals surface area (Å²) in [5, 5.41) is 2.03. The quantitative estimate of drug-likeness (QED) is 0.783. The third kappa shape index (κ3) is 2.33. The van der Waals surface area contributed by atoms with E-state index in [1.807, 2.05) is 35.2 Å². The standard InChI is InChI=1S/C16H18N2O/c1-12-7-10-18(11-8-12)16(19)15-14-5-3-2-4-13(14)6-9-17-15/h2-6,9,12H,7-8,10-11H2,1H3. The zero-order valence-electron chi connectivity index (χ0n) is 11.2. The van der Waals surface area contributed by atoms with Gasteiger partial charge in [-0.3, -0.25) is 9.78 Å².